The first-order valence-corrected chi connectivity index (χ1v) is 7.45. The molecule has 2 atom stereocenters. The van der Waals surface area contributed by atoms with Gasteiger partial charge in [-0.3, -0.25) is 4.79 Å². The van der Waals surface area contributed by atoms with Gasteiger partial charge in [-0.25, -0.2) is 0 Å². The highest BCUT2D eigenvalue weighted by molar-refractivity contribution is 5.85. The maximum atomic E-state index is 12.5. The first-order chi connectivity index (χ1) is 10.7. The number of hydrogen-bond acceptors (Lipinski definition) is 3. The molecule has 2 unspecified atom stereocenters. The van der Waals surface area contributed by atoms with Crippen molar-refractivity contribution in [3.63, 3.8) is 0 Å². The number of rotatable bonds is 7. The molecule has 0 saturated carbocycles. The fraction of sp³-hybridized carbons (Fsp3) is 0.278. The Morgan fingerprint density at radius 3 is 2.22 bits per heavy atom. The quantitative estimate of drug-likeness (QED) is 0.818. The maximum Gasteiger partial charge on any atom is 0.265 e. The predicted molar refractivity (Wildman–Crippen MR) is 94.7 cm³/mol. The molecule has 0 aromatic heterocycles. The van der Waals surface area contributed by atoms with E-state index in [1.54, 1.807) is 0 Å². The van der Waals surface area contributed by atoms with Gasteiger partial charge in [0.25, 0.3) is 5.91 Å². The van der Waals surface area contributed by atoms with Gasteiger partial charge in [-0.05, 0) is 24.6 Å². The number of ether oxygens (including phenoxy) is 1. The van der Waals surface area contributed by atoms with Crippen molar-refractivity contribution in [2.75, 3.05) is 13.1 Å². The van der Waals surface area contributed by atoms with E-state index < -0.39 is 6.10 Å². The summed E-state index contributed by atoms with van der Waals surface area (Å²) in [5.41, 5.74) is 6.41. The van der Waals surface area contributed by atoms with Gasteiger partial charge in [0.15, 0.2) is 0 Å². The Bertz CT molecular complexity index is 578. The van der Waals surface area contributed by atoms with Gasteiger partial charge in [0, 0.05) is 12.1 Å². The molecule has 2 rings (SSSR count). The highest BCUT2D eigenvalue weighted by atomic mass is 35.5. The van der Waals surface area contributed by atoms with Crippen LogP contribution >= 0.6 is 12.4 Å². The Labute approximate surface area is 143 Å². The lowest BCUT2D eigenvalue weighted by Gasteiger charge is -2.20. The number of amides is 1. The smallest absolute Gasteiger partial charge is 0.265 e. The molecule has 3 N–H and O–H groups in total. The lowest BCUT2D eigenvalue weighted by Crippen LogP contribution is -2.36. The van der Waals surface area contributed by atoms with E-state index in [-0.39, 0.29) is 24.2 Å². The summed E-state index contributed by atoms with van der Waals surface area (Å²) in [6.45, 7) is 3.07. The lowest BCUT2D eigenvalue weighted by atomic mass is 10.1. The van der Waals surface area contributed by atoms with Crippen molar-refractivity contribution in [1.82, 2.24) is 5.32 Å². The van der Waals surface area contributed by atoms with Crippen LogP contribution in [0.2, 0.25) is 0 Å². The molecule has 0 heterocycles. The van der Waals surface area contributed by atoms with E-state index in [1.165, 1.54) is 0 Å². The van der Waals surface area contributed by atoms with Gasteiger partial charge < -0.3 is 15.8 Å². The summed E-state index contributed by atoms with van der Waals surface area (Å²) in [5.74, 6) is 0.742. The van der Waals surface area contributed by atoms with Crippen LogP contribution in [0.25, 0.3) is 0 Å². The molecule has 4 nitrogen and oxygen atoms in total. The molecule has 0 fully saturated rings. The van der Waals surface area contributed by atoms with Crippen molar-refractivity contribution in [3.05, 3.63) is 66.2 Å². The van der Waals surface area contributed by atoms with Crippen LogP contribution in [0.1, 0.15) is 18.6 Å². The number of nitrogens with one attached hydrogen (secondary N) is 1. The minimum absolute atomic E-state index is 0. The van der Waals surface area contributed by atoms with Crippen LogP contribution in [0.5, 0.6) is 5.75 Å². The summed E-state index contributed by atoms with van der Waals surface area (Å²) in [5, 5.41) is 2.91. The van der Waals surface area contributed by atoms with Crippen LogP contribution < -0.4 is 15.8 Å². The Morgan fingerprint density at radius 2 is 1.65 bits per heavy atom. The Kier molecular flexibility index (Phi) is 8.16. The average molecular weight is 335 g/mol. The standard InChI is InChI=1S/C18H22N2O2.ClH/c1-14(12-19)13-20-18(21)17(15-8-4-2-5-9-15)22-16-10-6-3-7-11-16;/h2-11,14,17H,12-13,19H2,1H3,(H,20,21);1H. The second-order valence-electron chi connectivity index (χ2n) is 5.31. The van der Waals surface area contributed by atoms with Crippen molar-refractivity contribution in [2.24, 2.45) is 11.7 Å². The number of benzene rings is 2. The molecule has 0 spiro atoms. The molecule has 23 heavy (non-hydrogen) atoms. The highest BCUT2D eigenvalue weighted by Gasteiger charge is 2.22. The van der Waals surface area contributed by atoms with Crippen molar-refractivity contribution in [2.45, 2.75) is 13.0 Å². The number of hydrogen-bond donors (Lipinski definition) is 2. The van der Waals surface area contributed by atoms with Gasteiger partial charge >= 0.3 is 0 Å². The monoisotopic (exact) mass is 334 g/mol. The Balaban J connectivity index is 0.00000264. The molecule has 2 aromatic carbocycles. The normalized spacial score (nSPS) is 12.6. The van der Waals surface area contributed by atoms with Crippen LogP contribution in [0.4, 0.5) is 0 Å². The Morgan fingerprint density at radius 1 is 1.09 bits per heavy atom. The second kappa shape index (κ2) is 9.87. The zero-order valence-corrected chi connectivity index (χ0v) is 14.0. The SMILES string of the molecule is CC(CN)CNC(=O)C(Oc1ccccc1)c1ccccc1.Cl. The summed E-state index contributed by atoms with van der Waals surface area (Å²) in [7, 11) is 0. The van der Waals surface area contributed by atoms with E-state index in [2.05, 4.69) is 5.32 Å². The molecule has 0 radical (unpaired) electrons. The minimum Gasteiger partial charge on any atom is -0.476 e. The molecule has 1 amide bonds. The third-order valence-electron chi connectivity index (χ3n) is 3.36. The first-order valence-electron chi connectivity index (χ1n) is 7.45. The highest BCUT2D eigenvalue weighted by Crippen LogP contribution is 2.22. The van der Waals surface area contributed by atoms with E-state index in [1.807, 2.05) is 67.6 Å². The minimum atomic E-state index is -0.673. The van der Waals surface area contributed by atoms with Gasteiger partial charge in [0.2, 0.25) is 6.10 Å². The van der Waals surface area contributed by atoms with Gasteiger partial charge in [0.1, 0.15) is 5.75 Å². The van der Waals surface area contributed by atoms with Crippen molar-refractivity contribution < 1.29 is 9.53 Å². The number of carbonyl (C=O) groups excluding carboxylic acids is 1. The van der Waals surface area contributed by atoms with E-state index in [0.717, 1.165) is 5.56 Å². The van der Waals surface area contributed by atoms with E-state index in [4.69, 9.17) is 10.5 Å². The molecule has 0 aliphatic heterocycles. The zero-order valence-electron chi connectivity index (χ0n) is 13.1. The topological polar surface area (TPSA) is 64.3 Å². The molecule has 124 valence electrons. The van der Waals surface area contributed by atoms with Crippen LogP contribution in [0.3, 0.4) is 0 Å². The second-order valence-corrected chi connectivity index (χ2v) is 5.31. The fourth-order valence-electron chi connectivity index (χ4n) is 1.99. The van der Waals surface area contributed by atoms with Crippen LogP contribution in [0, 0.1) is 5.92 Å². The van der Waals surface area contributed by atoms with Crippen LogP contribution in [0.15, 0.2) is 60.7 Å². The lowest BCUT2D eigenvalue weighted by molar-refractivity contribution is -0.128. The molecule has 0 aliphatic rings. The molecule has 0 bridgehead atoms. The summed E-state index contributed by atoms with van der Waals surface area (Å²) < 4.78 is 5.88. The summed E-state index contributed by atoms with van der Waals surface area (Å²) in [6, 6.07) is 18.8. The Hall–Kier alpha value is -2.04. The summed E-state index contributed by atoms with van der Waals surface area (Å²) >= 11 is 0. The molecule has 5 heteroatoms. The van der Waals surface area contributed by atoms with E-state index >= 15 is 0 Å². The third-order valence-corrected chi connectivity index (χ3v) is 3.36. The maximum absolute atomic E-state index is 12.5. The van der Waals surface area contributed by atoms with Gasteiger partial charge in [-0.2, -0.15) is 0 Å². The van der Waals surface area contributed by atoms with Crippen molar-refractivity contribution in [1.29, 1.82) is 0 Å². The van der Waals surface area contributed by atoms with E-state index in [0.29, 0.717) is 18.8 Å². The molecule has 0 aliphatic carbocycles. The zero-order chi connectivity index (χ0) is 15.8. The number of nitrogens with two attached hydrogens (primary N) is 1. The van der Waals surface area contributed by atoms with Gasteiger partial charge in [-0.15, -0.1) is 12.4 Å². The number of halogens is 1. The average Bonchev–Trinajstić information content (AvgIpc) is 2.59. The molecular weight excluding hydrogens is 312 g/mol. The van der Waals surface area contributed by atoms with Gasteiger partial charge in [-0.1, -0.05) is 55.5 Å². The first kappa shape index (κ1) is 19.0. The fourth-order valence-corrected chi connectivity index (χ4v) is 1.99. The largest absolute Gasteiger partial charge is 0.476 e. The predicted octanol–water partition coefficient (Wildman–Crippen LogP) is 2.94. The summed E-state index contributed by atoms with van der Waals surface area (Å²) in [6.07, 6.45) is -0.673. The van der Waals surface area contributed by atoms with Crippen LogP contribution in [-0.2, 0) is 4.79 Å². The number of para-hydroxylation sites is 1. The van der Waals surface area contributed by atoms with Crippen molar-refractivity contribution >= 4 is 18.3 Å². The molecular formula is C18H23ClN2O2. The number of carbonyl (C=O) groups is 1. The summed E-state index contributed by atoms with van der Waals surface area (Å²) in [4.78, 5) is 12.5. The molecule has 0 saturated heterocycles. The van der Waals surface area contributed by atoms with Gasteiger partial charge in [0.05, 0.1) is 0 Å². The van der Waals surface area contributed by atoms with E-state index in [9.17, 15) is 4.79 Å². The van der Waals surface area contributed by atoms with Crippen LogP contribution in [-0.4, -0.2) is 19.0 Å². The third kappa shape index (κ3) is 5.93. The van der Waals surface area contributed by atoms with Crippen molar-refractivity contribution in [3.8, 4) is 5.75 Å². The molecule has 2 aromatic rings.